The number of carbonyl (C=O) groups excluding carboxylic acids is 1. The number of rotatable bonds is 5. The molecule has 0 bridgehead atoms. The summed E-state index contributed by atoms with van der Waals surface area (Å²) in [4.78, 5) is 14.0. The van der Waals surface area contributed by atoms with E-state index in [1.54, 1.807) is 32.2 Å². The van der Waals surface area contributed by atoms with Crippen LogP contribution in [0.1, 0.15) is 34.5 Å². The predicted molar refractivity (Wildman–Crippen MR) is 91.9 cm³/mol. The van der Waals surface area contributed by atoms with Crippen LogP contribution in [0.15, 0.2) is 42.5 Å². The van der Waals surface area contributed by atoms with E-state index >= 15 is 0 Å². The van der Waals surface area contributed by atoms with Crippen LogP contribution in [0.2, 0.25) is 0 Å². The normalized spacial score (nSPS) is 12.7. The molecular formula is C18H19F2NO3S. The van der Waals surface area contributed by atoms with E-state index in [-0.39, 0.29) is 11.7 Å². The topological polar surface area (TPSA) is 54.5 Å². The van der Waals surface area contributed by atoms with Crippen molar-refractivity contribution in [2.75, 3.05) is 13.3 Å². The van der Waals surface area contributed by atoms with Crippen LogP contribution in [0.25, 0.3) is 0 Å². The maximum absolute atomic E-state index is 13.4. The molecule has 0 saturated carbocycles. The molecule has 2 rings (SSSR count). The van der Waals surface area contributed by atoms with Gasteiger partial charge >= 0.3 is 0 Å². The van der Waals surface area contributed by atoms with Crippen molar-refractivity contribution < 1.29 is 22.0 Å². The molecule has 0 aliphatic heterocycles. The Morgan fingerprint density at radius 3 is 2.40 bits per heavy atom. The van der Waals surface area contributed by atoms with Crippen LogP contribution in [-0.2, 0) is 15.6 Å². The Morgan fingerprint density at radius 2 is 1.80 bits per heavy atom. The molecule has 25 heavy (non-hydrogen) atoms. The molecule has 0 heterocycles. The molecule has 7 heteroatoms. The quantitative estimate of drug-likeness (QED) is 0.814. The van der Waals surface area contributed by atoms with E-state index in [9.17, 15) is 22.0 Å². The van der Waals surface area contributed by atoms with E-state index in [0.29, 0.717) is 16.7 Å². The number of amides is 1. The third kappa shape index (κ3) is 4.85. The summed E-state index contributed by atoms with van der Waals surface area (Å²) in [6, 6.07) is 9.38. The van der Waals surface area contributed by atoms with Gasteiger partial charge in [0.05, 0.1) is 11.8 Å². The largest absolute Gasteiger partial charge is 0.335 e. The average molecular weight is 367 g/mol. The Kier molecular flexibility index (Phi) is 5.57. The first kappa shape index (κ1) is 19.1. The third-order valence-electron chi connectivity index (χ3n) is 3.93. The van der Waals surface area contributed by atoms with Gasteiger partial charge in [0, 0.05) is 18.9 Å². The molecule has 0 fully saturated rings. The molecular weight excluding hydrogens is 348 g/mol. The van der Waals surface area contributed by atoms with Gasteiger partial charge in [-0.1, -0.05) is 18.2 Å². The van der Waals surface area contributed by atoms with Crippen LogP contribution < -0.4 is 0 Å². The highest BCUT2D eigenvalue weighted by molar-refractivity contribution is 7.89. The zero-order valence-corrected chi connectivity index (χ0v) is 15.0. The van der Waals surface area contributed by atoms with Gasteiger partial charge in [0.2, 0.25) is 0 Å². The van der Waals surface area contributed by atoms with Gasteiger partial charge in [0.15, 0.2) is 21.5 Å². The van der Waals surface area contributed by atoms with E-state index in [4.69, 9.17) is 0 Å². The van der Waals surface area contributed by atoms with Gasteiger partial charge in [-0.05, 0) is 42.3 Å². The van der Waals surface area contributed by atoms with Gasteiger partial charge in [0.1, 0.15) is 0 Å². The van der Waals surface area contributed by atoms with Crippen LogP contribution >= 0.6 is 0 Å². The van der Waals surface area contributed by atoms with Gasteiger partial charge in [-0.3, -0.25) is 4.79 Å². The predicted octanol–water partition coefficient (Wildman–Crippen LogP) is 3.34. The van der Waals surface area contributed by atoms with Crippen molar-refractivity contribution in [3.05, 3.63) is 70.8 Å². The third-order valence-corrected chi connectivity index (χ3v) is 4.79. The first-order chi connectivity index (χ1) is 11.6. The maximum Gasteiger partial charge on any atom is 0.254 e. The lowest BCUT2D eigenvalue weighted by Crippen LogP contribution is -2.29. The minimum absolute atomic E-state index is 0.156. The standard InChI is InChI=1S/C18H19F2NO3S/c1-12(14-7-8-16(19)17(20)10-14)21(2)18(22)15-6-4-5-13(9-15)11-25(3,23)24/h4-10,12H,11H2,1-3H3. The molecule has 0 radical (unpaired) electrons. The molecule has 0 aromatic heterocycles. The monoisotopic (exact) mass is 367 g/mol. The van der Waals surface area contributed by atoms with Crippen molar-refractivity contribution in [2.24, 2.45) is 0 Å². The highest BCUT2D eigenvalue weighted by Crippen LogP contribution is 2.23. The minimum atomic E-state index is -3.21. The Morgan fingerprint density at radius 1 is 1.12 bits per heavy atom. The molecule has 1 unspecified atom stereocenters. The van der Waals surface area contributed by atoms with Crippen molar-refractivity contribution in [2.45, 2.75) is 18.7 Å². The minimum Gasteiger partial charge on any atom is -0.335 e. The van der Waals surface area contributed by atoms with Crippen molar-refractivity contribution in [1.29, 1.82) is 0 Å². The molecule has 134 valence electrons. The number of nitrogens with zero attached hydrogens (tertiary/aromatic N) is 1. The summed E-state index contributed by atoms with van der Waals surface area (Å²) >= 11 is 0. The highest BCUT2D eigenvalue weighted by atomic mass is 32.2. The summed E-state index contributed by atoms with van der Waals surface area (Å²) in [5, 5.41) is 0. The lowest BCUT2D eigenvalue weighted by atomic mass is 10.1. The van der Waals surface area contributed by atoms with E-state index < -0.39 is 27.5 Å². The lowest BCUT2D eigenvalue weighted by molar-refractivity contribution is 0.0742. The summed E-state index contributed by atoms with van der Waals surface area (Å²) in [5.74, 6) is -2.41. The van der Waals surface area contributed by atoms with Crippen molar-refractivity contribution >= 4 is 15.7 Å². The second kappa shape index (κ2) is 7.31. The zero-order chi connectivity index (χ0) is 18.8. The number of benzene rings is 2. The van der Waals surface area contributed by atoms with E-state index in [2.05, 4.69) is 0 Å². The molecule has 2 aromatic rings. The van der Waals surface area contributed by atoms with Crippen molar-refractivity contribution in [3.63, 3.8) is 0 Å². The lowest BCUT2D eigenvalue weighted by Gasteiger charge is -2.25. The van der Waals surface area contributed by atoms with Crippen molar-refractivity contribution in [1.82, 2.24) is 4.90 Å². The van der Waals surface area contributed by atoms with Crippen LogP contribution in [-0.4, -0.2) is 32.5 Å². The molecule has 0 spiro atoms. The smallest absolute Gasteiger partial charge is 0.254 e. The second-order valence-electron chi connectivity index (χ2n) is 6.04. The van der Waals surface area contributed by atoms with Gasteiger partial charge in [0.25, 0.3) is 5.91 Å². The summed E-state index contributed by atoms with van der Waals surface area (Å²) < 4.78 is 49.3. The van der Waals surface area contributed by atoms with Crippen LogP contribution in [0.5, 0.6) is 0 Å². The molecule has 1 atom stereocenters. The Labute approximate surface area is 146 Å². The van der Waals surface area contributed by atoms with E-state index in [1.807, 2.05) is 0 Å². The number of halogens is 2. The van der Waals surface area contributed by atoms with Crippen molar-refractivity contribution in [3.8, 4) is 0 Å². The number of sulfone groups is 1. The molecule has 0 N–H and O–H groups in total. The van der Waals surface area contributed by atoms with Gasteiger partial charge in [-0.15, -0.1) is 0 Å². The fourth-order valence-electron chi connectivity index (χ4n) is 2.47. The molecule has 0 aliphatic carbocycles. The molecule has 0 aliphatic rings. The number of hydrogen-bond donors (Lipinski definition) is 0. The number of hydrogen-bond acceptors (Lipinski definition) is 3. The first-order valence-electron chi connectivity index (χ1n) is 7.57. The van der Waals surface area contributed by atoms with E-state index in [0.717, 1.165) is 18.4 Å². The van der Waals surface area contributed by atoms with Crippen LogP contribution in [0, 0.1) is 11.6 Å². The molecule has 1 amide bonds. The Hall–Kier alpha value is -2.28. The maximum atomic E-state index is 13.4. The van der Waals surface area contributed by atoms with E-state index in [1.165, 1.54) is 17.0 Å². The van der Waals surface area contributed by atoms with Gasteiger partial charge < -0.3 is 4.90 Å². The van der Waals surface area contributed by atoms with Gasteiger partial charge in [-0.25, -0.2) is 17.2 Å². The summed E-state index contributed by atoms with van der Waals surface area (Å²) in [6.45, 7) is 1.70. The fraction of sp³-hybridized carbons (Fsp3) is 0.278. The second-order valence-corrected chi connectivity index (χ2v) is 8.18. The SMILES string of the molecule is CC(c1ccc(F)c(F)c1)N(C)C(=O)c1cccc(CS(C)(=O)=O)c1. The Bertz CT molecular complexity index is 897. The number of carbonyl (C=O) groups is 1. The Balaban J connectivity index is 2.24. The summed E-state index contributed by atoms with van der Waals surface area (Å²) in [7, 11) is -1.66. The first-order valence-corrected chi connectivity index (χ1v) is 9.63. The zero-order valence-electron chi connectivity index (χ0n) is 14.2. The molecule has 2 aromatic carbocycles. The summed E-state index contributed by atoms with van der Waals surface area (Å²) in [5.41, 5.74) is 1.31. The molecule has 0 saturated heterocycles. The average Bonchev–Trinajstić information content (AvgIpc) is 2.54. The highest BCUT2D eigenvalue weighted by Gasteiger charge is 2.20. The fourth-order valence-corrected chi connectivity index (χ4v) is 3.26. The molecule has 4 nitrogen and oxygen atoms in total. The summed E-state index contributed by atoms with van der Waals surface area (Å²) in [6.07, 6.45) is 1.12. The van der Waals surface area contributed by atoms with Gasteiger partial charge in [-0.2, -0.15) is 0 Å². The van der Waals surface area contributed by atoms with Crippen LogP contribution in [0.4, 0.5) is 8.78 Å². The van der Waals surface area contributed by atoms with Crippen LogP contribution in [0.3, 0.4) is 0 Å².